The Morgan fingerprint density at radius 2 is 1.89 bits per heavy atom. The molecule has 0 bridgehead atoms. The van der Waals surface area contributed by atoms with Crippen LogP contribution in [0, 0.1) is 0 Å². The lowest BCUT2D eigenvalue weighted by atomic mass is 10.1. The molecule has 0 atom stereocenters. The Morgan fingerprint density at radius 3 is 2.50 bits per heavy atom. The molecule has 0 saturated heterocycles. The van der Waals surface area contributed by atoms with Crippen LogP contribution in [0.3, 0.4) is 0 Å². The zero-order valence-electron chi connectivity index (χ0n) is 17.6. The molecule has 0 saturated carbocycles. The first-order chi connectivity index (χ1) is 13.4. The van der Waals surface area contributed by atoms with E-state index in [0.29, 0.717) is 5.56 Å². The fourth-order valence-corrected chi connectivity index (χ4v) is 3.04. The van der Waals surface area contributed by atoms with Gasteiger partial charge in [0.2, 0.25) is 5.12 Å². The molecule has 0 spiro atoms. The topological polar surface area (TPSA) is 63.2 Å². The van der Waals surface area contributed by atoms with Crippen LogP contribution < -0.4 is 0 Å². The van der Waals surface area contributed by atoms with Crippen molar-refractivity contribution in [3.8, 4) is 0 Å². The molecule has 0 fully saturated rings. The van der Waals surface area contributed by atoms with E-state index < -0.39 is 0 Å². The summed E-state index contributed by atoms with van der Waals surface area (Å²) in [6.45, 7) is 6.18. The highest BCUT2D eigenvalue weighted by Crippen LogP contribution is 2.16. The van der Waals surface area contributed by atoms with Gasteiger partial charge in [-0.2, -0.15) is 0 Å². The molecule has 5 nitrogen and oxygen atoms in total. The number of unbranched alkanes of at least 4 members (excludes halogenated alkanes) is 1. The van der Waals surface area contributed by atoms with Gasteiger partial charge in [-0.3, -0.25) is 19.6 Å². The van der Waals surface area contributed by atoms with Gasteiger partial charge < -0.3 is 4.90 Å². The highest BCUT2D eigenvalue weighted by atomic mass is 32.2. The Hall–Kier alpha value is -2.21. The van der Waals surface area contributed by atoms with Gasteiger partial charge in [-0.15, -0.1) is 0 Å². The summed E-state index contributed by atoms with van der Waals surface area (Å²) in [6, 6.07) is 5.59. The number of pyridine rings is 2. The summed E-state index contributed by atoms with van der Waals surface area (Å²) in [4.78, 5) is 33.1. The van der Waals surface area contributed by atoms with E-state index in [9.17, 15) is 9.59 Å². The number of amides is 1. The lowest BCUT2D eigenvalue weighted by molar-refractivity contribution is 0.0827. The largest absolute Gasteiger partial charge is 0.345 e. The van der Waals surface area contributed by atoms with Crippen LogP contribution in [0.1, 0.15) is 65.6 Å². The van der Waals surface area contributed by atoms with Gasteiger partial charge in [0.1, 0.15) is 0 Å². The number of nitrogens with zero attached hydrogens (tertiary/aromatic N) is 3. The quantitative estimate of drug-likeness (QED) is 0.675. The van der Waals surface area contributed by atoms with E-state index in [4.69, 9.17) is 0 Å². The van der Waals surface area contributed by atoms with Crippen molar-refractivity contribution < 1.29 is 9.59 Å². The third-order valence-electron chi connectivity index (χ3n) is 4.01. The number of carbonyl (C=O) groups is 2. The van der Waals surface area contributed by atoms with Gasteiger partial charge in [-0.05, 0) is 48.8 Å². The van der Waals surface area contributed by atoms with Crippen LogP contribution in [0.15, 0.2) is 36.8 Å². The second-order valence-corrected chi connectivity index (χ2v) is 7.69. The zero-order chi connectivity index (χ0) is 20.9. The molecule has 0 N–H and O–H groups in total. The predicted octanol–water partition coefficient (Wildman–Crippen LogP) is 4.66. The summed E-state index contributed by atoms with van der Waals surface area (Å²) in [7, 11) is 3.47. The number of aryl methyl sites for hydroxylation is 2. The first-order valence-corrected chi connectivity index (χ1v) is 10.7. The number of thioether (sulfide) groups is 1. The Morgan fingerprint density at radius 1 is 1.14 bits per heavy atom. The van der Waals surface area contributed by atoms with E-state index in [1.165, 1.54) is 11.8 Å². The monoisotopic (exact) mass is 401 g/mol. The molecule has 0 aliphatic carbocycles. The van der Waals surface area contributed by atoms with Crippen molar-refractivity contribution in [2.45, 2.75) is 46.5 Å². The molecule has 2 aromatic heterocycles. The molecule has 0 radical (unpaired) electrons. The molecule has 0 aromatic carbocycles. The molecule has 0 unspecified atom stereocenters. The van der Waals surface area contributed by atoms with Crippen LogP contribution in [-0.2, 0) is 12.8 Å². The van der Waals surface area contributed by atoms with Crippen molar-refractivity contribution >= 4 is 22.8 Å². The smallest absolute Gasteiger partial charge is 0.254 e. The maximum atomic E-state index is 11.8. The van der Waals surface area contributed by atoms with Gasteiger partial charge in [-0.25, -0.2) is 0 Å². The maximum absolute atomic E-state index is 11.8. The Bertz CT molecular complexity index is 763. The van der Waals surface area contributed by atoms with Crippen molar-refractivity contribution in [1.82, 2.24) is 14.9 Å². The van der Waals surface area contributed by atoms with Gasteiger partial charge in [0.05, 0.1) is 16.8 Å². The third-order valence-corrected chi connectivity index (χ3v) is 4.78. The molecule has 2 rings (SSSR count). The number of carbonyl (C=O) groups excluding carboxylic acids is 2. The van der Waals surface area contributed by atoms with Crippen LogP contribution in [0.25, 0.3) is 0 Å². The summed E-state index contributed by atoms with van der Waals surface area (Å²) in [5.41, 5.74) is 3.49. The molecule has 2 aromatic rings. The summed E-state index contributed by atoms with van der Waals surface area (Å²) < 4.78 is 0. The number of aromatic nitrogens is 2. The van der Waals surface area contributed by atoms with E-state index in [1.807, 2.05) is 32.0 Å². The van der Waals surface area contributed by atoms with Crippen LogP contribution in [0.4, 0.5) is 0 Å². The zero-order valence-corrected chi connectivity index (χ0v) is 18.4. The van der Waals surface area contributed by atoms with Crippen LogP contribution in [0.5, 0.6) is 0 Å². The molecular weight excluding hydrogens is 370 g/mol. The SMILES string of the molecule is CCCCc1ncccc1C(=O)SCC.CCc1cncc(C(=O)N(C)C)c1. The third kappa shape index (κ3) is 7.80. The van der Waals surface area contributed by atoms with Crippen molar-refractivity contribution in [2.75, 3.05) is 19.8 Å². The number of hydrogen-bond donors (Lipinski definition) is 0. The van der Waals surface area contributed by atoms with E-state index in [2.05, 4.69) is 16.9 Å². The fourth-order valence-electron chi connectivity index (χ4n) is 2.43. The molecular formula is C22H31N3O2S. The highest BCUT2D eigenvalue weighted by Gasteiger charge is 2.11. The van der Waals surface area contributed by atoms with E-state index in [0.717, 1.165) is 48.3 Å². The molecule has 6 heteroatoms. The standard InChI is InChI=1S/C12H17NOS.C10H14N2O/c1-3-5-8-11-10(7-6-9-13-11)12(14)15-4-2;1-4-8-5-9(7-11-6-8)10(13)12(2)3/h6-7,9H,3-5,8H2,1-2H3;5-7H,4H2,1-3H3. The van der Waals surface area contributed by atoms with E-state index in [1.54, 1.807) is 37.6 Å². The minimum Gasteiger partial charge on any atom is -0.345 e. The average Bonchev–Trinajstić information content (AvgIpc) is 2.72. The Balaban J connectivity index is 0.000000283. The van der Waals surface area contributed by atoms with E-state index >= 15 is 0 Å². The summed E-state index contributed by atoms with van der Waals surface area (Å²) in [5, 5.41) is 0.150. The second-order valence-electron chi connectivity index (χ2n) is 6.46. The number of hydrogen-bond acceptors (Lipinski definition) is 5. The maximum Gasteiger partial charge on any atom is 0.254 e. The van der Waals surface area contributed by atoms with Gasteiger partial charge >= 0.3 is 0 Å². The van der Waals surface area contributed by atoms with Crippen molar-refractivity contribution in [2.24, 2.45) is 0 Å². The molecule has 1 amide bonds. The van der Waals surface area contributed by atoms with Gasteiger partial charge in [0.15, 0.2) is 0 Å². The average molecular weight is 402 g/mol. The Kier molecular flexibility index (Phi) is 11.1. The Labute approximate surface area is 173 Å². The number of rotatable bonds is 7. The first-order valence-electron chi connectivity index (χ1n) is 9.71. The highest BCUT2D eigenvalue weighted by molar-refractivity contribution is 8.14. The van der Waals surface area contributed by atoms with Crippen LogP contribution in [0.2, 0.25) is 0 Å². The van der Waals surface area contributed by atoms with Gasteiger partial charge in [-0.1, -0.05) is 39.0 Å². The van der Waals surface area contributed by atoms with Crippen molar-refractivity contribution in [3.63, 3.8) is 0 Å². The molecule has 0 aliphatic heterocycles. The van der Waals surface area contributed by atoms with E-state index in [-0.39, 0.29) is 11.0 Å². The molecule has 152 valence electrons. The summed E-state index contributed by atoms with van der Waals surface area (Å²) in [5.74, 6) is 0.823. The molecule has 2 heterocycles. The van der Waals surface area contributed by atoms with Crippen molar-refractivity contribution in [3.05, 3.63) is 59.2 Å². The summed E-state index contributed by atoms with van der Waals surface area (Å²) >= 11 is 1.35. The van der Waals surface area contributed by atoms with Gasteiger partial charge in [0.25, 0.3) is 5.91 Å². The molecule has 28 heavy (non-hydrogen) atoms. The lowest BCUT2D eigenvalue weighted by Gasteiger charge is -2.10. The minimum atomic E-state index is 0.00259. The summed E-state index contributed by atoms with van der Waals surface area (Å²) in [6.07, 6.45) is 9.18. The van der Waals surface area contributed by atoms with Crippen LogP contribution >= 0.6 is 11.8 Å². The van der Waals surface area contributed by atoms with Crippen molar-refractivity contribution in [1.29, 1.82) is 0 Å². The molecule has 0 aliphatic rings. The predicted molar refractivity (Wildman–Crippen MR) is 117 cm³/mol. The van der Waals surface area contributed by atoms with Gasteiger partial charge in [0, 0.05) is 32.7 Å². The first kappa shape index (κ1) is 23.8. The minimum absolute atomic E-state index is 0.00259. The second kappa shape index (κ2) is 13.0. The lowest BCUT2D eigenvalue weighted by Crippen LogP contribution is -2.21. The fraction of sp³-hybridized carbons (Fsp3) is 0.455. The normalized spacial score (nSPS) is 10.0. The van der Waals surface area contributed by atoms with Crippen LogP contribution in [-0.4, -0.2) is 45.7 Å².